The molecular formula is C27H32N2O6. The number of carboxylic acid groups (broad SMARTS) is 1. The summed E-state index contributed by atoms with van der Waals surface area (Å²) in [7, 11) is 0. The van der Waals surface area contributed by atoms with E-state index in [-0.39, 0.29) is 24.7 Å². The van der Waals surface area contributed by atoms with E-state index in [1.165, 1.54) is 0 Å². The van der Waals surface area contributed by atoms with Crippen molar-refractivity contribution in [3.8, 4) is 11.1 Å². The third-order valence-electron chi connectivity index (χ3n) is 6.89. The predicted molar refractivity (Wildman–Crippen MR) is 130 cm³/mol. The standard InChI is InChI=1S/C27H32N2O6/c1-3-17-15-34-18(4-2)14-29(17)26(32)24(13-25(30)31)28-27(33)35-16-23-21-11-7-5-9-19(21)20-10-6-8-12-22(20)23/h5-12,17-18,23-24H,3-4,13-16H2,1-2H3,(H,28,33)(H,30,31). The van der Waals surface area contributed by atoms with E-state index in [1.807, 2.05) is 62.4 Å². The summed E-state index contributed by atoms with van der Waals surface area (Å²) in [5.41, 5.74) is 4.37. The van der Waals surface area contributed by atoms with Crippen LogP contribution in [0.4, 0.5) is 4.79 Å². The van der Waals surface area contributed by atoms with Crippen LogP contribution >= 0.6 is 0 Å². The van der Waals surface area contributed by atoms with Crippen LogP contribution in [-0.4, -0.2) is 65.9 Å². The number of nitrogens with one attached hydrogen (secondary N) is 1. The SMILES string of the molecule is CCC1CN(C(=O)C(CC(=O)O)NC(=O)OCC2c3ccccc3-c3ccccc32)C(CC)CO1. The molecule has 2 N–H and O–H groups in total. The van der Waals surface area contributed by atoms with Crippen LogP contribution in [0.2, 0.25) is 0 Å². The number of ether oxygens (including phenoxy) is 2. The minimum absolute atomic E-state index is 0.0842. The van der Waals surface area contributed by atoms with Gasteiger partial charge in [-0.25, -0.2) is 4.79 Å². The number of carbonyl (C=O) groups excluding carboxylic acids is 2. The van der Waals surface area contributed by atoms with E-state index in [9.17, 15) is 19.5 Å². The summed E-state index contributed by atoms with van der Waals surface area (Å²) in [6.45, 7) is 4.78. The molecule has 3 unspecified atom stereocenters. The van der Waals surface area contributed by atoms with E-state index in [4.69, 9.17) is 9.47 Å². The molecule has 186 valence electrons. The average molecular weight is 481 g/mol. The maximum absolute atomic E-state index is 13.3. The van der Waals surface area contributed by atoms with Gasteiger partial charge in [0.2, 0.25) is 5.91 Å². The number of fused-ring (bicyclic) bond motifs is 3. The summed E-state index contributed by atoms with van der Waals surface area (Å²) in [5, 5.41) is 11.9. The molecule has 3 atom stereocenters. The number of carbonyl (C=O) groups is 3. The number of benzene rings is 2. The Balaban J connectivity index is 1.45. The fourth-order valence-corrected chi connectivity index (χ4v) is 4.97. The minimum atomic E-state index is -1.21. The lowest BCUT2D eigenvalue weighted by Crippen LogP contribution is -2.58. The number of morpholine rings is 1. The van der Waals surface area contributed by atoms with Crippen LogP contribution in [0.5, 0.6) is 0 Å². The summed E-state index contributed by atoms with van der Waals surface area (Å²) in [6.07, 6.45) is -0.0223. The number of rotatable bonds is 8. The molecule has 0 radical (unpaired) electrons. The first kappa shape index (κ1) is 24.7. The highest BCUT2D eigenvalue weighted by Crippen LogP contribution is 2.44. The maximum atomic E-state index is 13.3. The molecular weight excluding hydrogens is 448 g/mol. The molecule has 2 aromatic rings. The lowest BCUT2D eigenvalue weighted by molar-refractivity contribution is -0.151. The minimum Gasteiger partial charge on any atom is -0.481 e. The van der Waals surface area contributed by atoms with E-state index in [0.717, 1.165) is 28.7 Å². The fourth-order valence-electron chi connectivity index (χ4n) is 4.97. The molecule has 2 aromatic carbocycles. The van der Waals surface area contributed by atoms with Crippen molar-refractivity contribution in [2.24, 2.45) is 0 Å². The van der Waals surface area contributed by atoms with Crippen molar-refractivity contribution in [3.63, 3.8) is 0 Å². The van der Waals surface area contributed by atoms with Crippen LogP contribution in [-0.2, 0) is 19.1 Å². The third-order valence-corrected chi connectivity index (χ3v) is 6.89. The number of aliphatic carboxylic acids is 1. The largest absolute Gasteiger partial charge is 0.481 e. The molecule has 0 spiro atoms. The lowest BCUT2D eigenvalue weighted by atomic mass is 9.98. The van der Waals surface area contributed by atoms with Gasteiger partial charge in [0.25, 0.3) is 0 Å². The molecule has 1 fully saturated rings. The molecule has 1 aliphatic heterocycles. The highest BCUT2D eigenvalue weighted by atomic mass is 16.5. The second-order valence-corrected chi connectivity index (χ2v) is 9.04. The number of carboxylic acids is 1. The topological polar surface area (TPSA) is 105 Å². The number of nitrogens with zero attached hydrogens (tertiary/aromatic N) is 1. The van der Waals surface area contributed by atoms with E-state index >= 15 is 0 Å². The second-order valence-electron chi connectivity index (χ2n) is 9.04. The Kier molecular flexibility index (Phi) is 7.70. The van der Waals surface area contributed by atoms with Crippen LogP contribution in [0.15, 0.2) is 48.5 Å². The van der Waals surface area contributed by atoms with Crippen LogP contribution < -0.4 is 5.32 Å². The van der Waals surface area contributed by atoms with Crippen molar-refractivity contribution in [2.75, 3.05) is 19.8 Å². The molecule has 8 heteroatoms. The molecule has 8 nitrogen and oxygen atoms in total. The first-order valence-corrected chi connectivity index (χ1v) is 12.2. The zero-order chi connectivity index (χ0) is 24.9. The van der Waals surface area contributed by atoms with Gasteiger partial charge in [-0.3, -0.25) is 9.59 Å². The highest BCUT2D eigenvalue weighted by molar-refractivity contribution is 5.89. The number of amides is 2. The van der Waals surface area contributed by atoms with Gasteiger partial charge in [-0.2, -0.15) is 0 Å². The highest BCUT2D eigenvalue weighted by Gasteiger charge is 2.36. The second kappa shape index (κ2) is 10.9. The monoisotopic (exact) mass is 480 g/mol. The van der Waals surface area contributed by atoms with Crippen LogP contribution in [0.1, 0.15) is 50.2 Å². The molecule has 2 amide bonds. The van der Waals surface area contributed by atoms with Crippen molar-refractivity contribution in [1.82, 2.24) is 10.2 Å². The maximum Gasteiger partial charge on any atom is 0.407 e. The van der Waals surface area contributed by atoms with Crippen LogP contribution in [0.3, 0.4) is 0 Å². The molecule has 1 aliphatic carbocycles. The normalized spacial score (nSPS) is 20.0. The summed E-state index contributed by atoms with van der Waals surface area (Å²) in [5.74, 6) is -1.72. The van der Waals surface area contributed by atoms with Crippen LogP contribution in [0.25, 0.3) is 11.1 Å². The van der Waals surface area contributed by atoms with E-state index in [2.05, 4.69) is 5.32 Å². The molecule has 2 aliphatic rings. The zero-order valence-corrected chi connectivity index (χ0v) is 20.1. The van der Waals surface area contributed by atoms with E-state index < -0.39 is 30.4 Å². The Labute approximate surface area is 205 Å². The van der Waals surface area contributed by atoms with Gasteiger partial charge in [-0.05, 0) is 35.1 Å². The van der Waals surface area contributed by atoms with Gasteiger partial charge >= 0.3 is 12.1 Å². The lowest BCUT2D eigenvalue weighted by Gasteiger charge is -2.40. The van der Waals surface area contributed by atoms with Gasteiger partial charge in [0.05, 0.1) is 25.2 Å². The Morgan fingerprint density at radius 3 is 2.26 bits per heavy atom. The molecule has 1 saturated heterocycles. The first-order valence-electron chi connectivity index (χ1n) is 12.2. The van der Waals surface area contributed by atoms with E-state index in [1.54, 1.807) is 4.90 Å². The quantitative estimate of drug-likeness (QED) is 0.596. The van der Waals surface area contributed by atoms with Crippen molar-refractivity contribution in [1.29, 1.82) is 0 Å². The Morgan fingerprint density at radius 2 is 1.69 bits per heavy atom. The first-order chi connectivity index (χ1) is 16.9. The molecule has 4 rings (SSSR count). The van der Waals surface area contributed by atoms with E-state index in [0.29, 0.717) is 19.6 Å². The Bertz CT molecular complexity index is 1040. The summed E-state index contributed by atoms with van der Waals surface area (Å²) in [4.78, 5) is 39.2. The predicted octanol–water partition coefficient (Wildman–Crippen LogP) is 3.78. The molecule has 0 saturated carbocycles. The number of hydrogen-bond donors (Lipinski definition) is 2. The van der Waals surface area contributed by atoms with Gasteiger partial charge in [0.15, 0.2) is 0 Å². The summed E-state index contributed by atoms with van der Waals surface area (Å²) < 4.78 is 11.3. The van der Waals surface area contributed by atoms with Gasteiger partial charge in [0.1, 0.15) is 12.6 Å². The number of hydrogen-bond acceptors (Lipinski definition) is 5. The van der Waals surface area contributed by atoms with Gasteiger partial charge in [-0.1, -0.05) is 62.4 Å². The van der Waals surface area contributed by atoms with Gasteiger partial charge < -0.3 is 24.8 Å². The molecule has 0 bridgehead atoms. The Hall–Kier alpha value is -3.39. The van der Waals surface area contributed by atoms with Crippen molar-refractivity contribution in [2.45, 2.75) is 57.2 Å². The molecule has 35 heavy (non-hydrogen) atoms. The zero-order valence-electron chi connectivity index (χ0n) is 20.1. The van der Waals surface area contributed by atoms with Crippen molar-refractivity contribution in [3.05, 3.63) is 59.7 Å². The van der Waals surface area contributed by atoms with Crippen molar-refractivity contribution < 1.29 is 29.0 Å². The van der Waals surface area contributed by atoms with Gasteiger partial charge in [0, 0.05) is 12.5 Å². The smallest absolute Gasteiger partial charge is 0.407 e. The summed E-state index contributed by atoms with van der Waals surface area (Å²) >= 11 is 0. The fraction of sp³-hybridized carbons (Fsp3) is 0.444. The number of alkyl carbamates (subject to hydrolysis) is 1. The molecule has 0 aromatic heterocycles. The average Bonchev–Trinajstić information content (AvgIpc) is 3.19. The van der Waals surface area contributed by atoms with Crippen LogP contribution in [0, 0.1) is 0 Å². The Morgan fingerprint density at radius 1 is 1.06 bits per heavy atom. The third kappa shape index (κ3) is 5.32. The van der Waals surface area contributed by atoms with Gasteiger partial charge in [-0.15, -0.1) is 0 Å². The summed E-state index contributed by atoms with van der Waals surface area (Å²) in [6, 6.07) is 14.6. The van der Waals surface area contributed by atoms with Crippen molar-refractivity contribution >= 4 is 18.0 Å². The molecule has 1 heterocycles.